The van der Waals surface area contributed by atoms with E-state index in [0.717, 1.165) is 0 Å². The summed E-state index contributed by atoms with van der Waals surface area (Å²) in [4.78, 5) is 12.2. The van der Waals surface area contributed by atoms with Crippen molar-refractivity contribution in [2.24, 2.45) is 0 Å². The molecule has 0 spiro atoms. The van der Waals surface area contributed by atoms with Gasteiger partial charge in [0.2, 0.25) is 0 Å². The minimum atomic E-state index is -2.97. The molecule has 3 aromatic rings. The van der Waals surface area contributed by atoms with Gasteiger partial charge in [0, 0.05) is 10.6 Å². The van der Waals surface area contributed by atoms with E-state index < -0.39 is 12.4 Å². The molecule has 30 heavy (non-hydrogen) atoms. The van der Waals surface area contributed by atoms with E-state index in [9.17, 15) is 13.6 Å². The van der Waals surface area contributed by atoms with Crippen LogP contribution in [0.3, 0.4) is 0 Å². The van der Waals surface area contributed by atoms with Crippen molar-refractivity contribution < 1.29 is 27.5 Å². The first-order chi connectivity index (χ1) is 14.3. The van der Waals surface area contributed by atoms with Crippen molar-refractivity contribution in [2.45, 2.75) is 13.2 Å². The van der Waals surface area contributed by atoms with Crippen LogP contribution in [0.15, 0.2) is 59.0 Å². The number of benzene rings is 2. The van der Waals surface area contributed by atoms with Gasteiger partial charge >= 0.3 is 6.61 Å². The van der Waals surface area contributed by atoms with Gasteiger partial charge in [-0.2, -0.15) is 8.78 Å². The minimum absolute atomic E-state index is 0.0515. The third-order valence-electron chi connectivity index (χ3n) is 3.75. The first kappa shape index (κ1) is 22.2. The predicted molar refractivity (Wildman–Crippen MR) is 111 cm³/mol. The molecule has 0 N–H and O–H groups in total. The largest absolute Gasteiger partial charge is 0.483 e. The lowest BCUT2D eigenvalue weighted by Crippen LogP contribution is -2.03. The molecule has 1 aromatic heterocycles. The topological polar surface area (TPSA) is 48.7 Å². The molecule has 0 bridgehead atoms. The molecule has 9 heteroatoms. The molecule has 0 aliphatic rings. The third kappa shape index (κ3) is 5.98. The number of hydrogen-bond acceptors (Lipinski definition) is 4. The lowest BCUT2D eigenvalue weighted by molar-refractivity contribution is -0.0498. The van der Waals surface area contributed by atoms with Gasteiger partial charge in [-0.05, 0) is 48.6 Å². The van der Waals surface area contributed by atoms with Crippen molar-refractivity contribution in [3.8, 4) is 11.5 Å². The quantitative estimate of drug-likeness (QED) is 0.254. The molecule has 0 aliphatic heterocycles. The van der Waals surface area contributed by atoms with Crippen LogP contribution in [0.1, 0.15) is 21.9 Å². The lowest BCUT2D eigenvalue weighted by atomic mass is 10.1. The number of carbonyl (C=O) groups is 1. The van der Waals surface area contributed by atoms with Crippen molar-refractivity contribution in [3.05, 3.63) is 86.8 Å². The van der Waals surface area contributed by atoms with Crippen molar-refractivity contribution in [2.75, 3.05) is 0 Å². The Balaban J connectivity index is 1.63. The number of alkyl halides is 2. The van der Waals surface area contributed by atoms with Crippen molar-refractivity contribution in [3.63, 3.8) is 0 Å². The summed E-state index contributed by atoms with van der Waals surface area (Å²) in [6, 6.07) is 11.8. The molecule has 0 unspecified atom stereocenters. The van der Waals surface area contributed by atoms with Crippen molar-refractivity contribution in [1.29, 1.82) is 0 Å². The molecule has 4 nitrogen and oxygen atoms in total. The zero-order chi connectivity index (χ0) is 21.7. The third-order valence-corrected chi connectivity index (χ3v) is 4.53. The minimum Gasteiger partial charge on any atom is -0.483 e. The Bertz CT molecular complexity index is 1060. The molecule has 0 amide bonds. The molecule has 3 rings (SSSR count). The number of ketones is 1. The van der Waals surface area contributed by atoms with Gasteiger partial charge in [-0.1, -0.05) is 46.9 Å². The van der Waals surface area contributed by atoms with Crippen LogP contribution in [0.25, 0.3) is 6.08 Å². The van der Waals surface area contributed by atoms with E-state index in [0.29, 0.717) is 16.5 Å². The fourth-order valence-electron chi connectivity index (χ4n) is 2.45. The van der Waals surface area contributed by atoms with Crippen LogP contribution in [0.4, 0.5) is 8.78 Å². The van der Waals surface area contributed by atoms with Gasteiger partial charge < -0.3 is 13.9 Å². The molecular formula is C21H13Cl3F2O4. The van der Waals surface area contributed by atoms with Crippen LogP contribution in [-0.2, 0) is 6.61 Å². The van der Waals surface area contributed by atoms with E-state index in [1.54, 1.807) is 12.1 Å². The van der Waals surface area contributed by atoms with Crippen LogP contribution < -0.4 is 9.47 Å². The van der Waals surface area contributed by atoms with Gasteiger partial charge in [0.25, 0.3) is 0 Å². The molecule has 156 valence electrons. The van der Waals surface area contributed by atoms with Gasteiger partial charge in [-0.15, -0.1) is 0 Å². The lowest BCUT2D eigenvalue weighted by Gasteiger charge is -2.08. The van der Waals surface area contributed by atoms with Crippen LogP contribution in [0, 0.1) is 0 Å². The van der Waals surface area contributed by atoms with E-state index >= 15 is 0 Å². The summed E-state index contributed by atoms with van der Waals surface area (Å²) in [7, 11) is 0. The molecular weight excluding hydrogens is 461 g/mol. The Morgan fingerprint density at radius 1 is 1.07 bits per heavy atom. The molecule has 0 fully saturated rings. The standard InChI is InChI=1S/C21H13Cl3F2O4/c22-13-9-17(23)20(18(24)10-13)28-11-16-5-4-14(29-16)6-7-19(27)12-2-1-3-15(8-12)30-21(25)26/h1-10,21H,11H2/b7-6+. The van der Waals surface area contributed by atoms with Crippen LogP contribution in [0.2, 0.25) is 15.1 Å². The average molecular weight is 474 g/mol. The average Bonchev–Trinajstić information content (AvgIpc) is 3.13. The first-order valence-electron chi connectivity index (χ1n) is 8.45. The van der Waals surface area contributed by atoms with Crippen molar-refractivity contribution >= 4 is 46.7 Å². The summed E-state index contributed by atoms with van der Waals surface area (Å²) < 4.78 is 40.0. The maximum absolute atomic E-state index is 12.3. The Morgan fingerprint density at radius 2 is 1.80 bits per heavy atom. The first-order valence-corrected chi connectivity index (χ1v) is 9.58. The number of rotatable bonds is 8. The molecule has 0 aliphatic carbocycles. The summed E-state index contributed by atoms with van der Waals surface area (Å²) in [6.45, 7) is -2.91. The summed E-state index contributed by atoms with van der Waals surface area (Å²) in [5.41, 5.74) is 0.200. The van der Waals surface area contributed by atoms with Gasteiger partial charge in [-0.3, -0.25) is 4.79 Å². The fraction of sp³-hybridized carbons (Fsp3) is 0.0952. The second-order valence-corrected chi connectivity index (χ2v) is 7.15. The highest BCUT2D eigenvalue weighted by atomic mass is 35.5. The summed E-state index contributed by atoms with van der Waals surface area (Å²) in [5, 5.41) is 0.921. The van der Waals surface area contributed by atoms with Crippen LogP contribution in [-0.4, -0.2) is 12.4 Å². The molecule has 0 saturated heterocycles. The molecule has 2 aromatic carbocycles. The molecule has 1 heterocycles. The molecule has 0 radical (unpaired) electrons. The van der Waals surface area contributed by atoms with E-state index in [4.69, 9.17) is 44.0 Å². The zero-order valence-electron chi connectivity index (χ0n) is 15.1. The monoisotopic (exact) mass is 472 g/mol. The van der Waals surface area contributed by atoms with Gasteiger partial charge in [-0.25, -0.2) is 0 Å². The number of ether oxygens (including phenoxy) is 2. The Kier molecular flexibility index (Phi) is 7.37. The smallest absolute Gasteiger partial charge is 0.387 e. The number of allylic oxidation sites excluding steroid dienone is 1. The zero-order valence-corrected chi connectivity index (χ0v) is 17.3. The number of carbonyl (C=O) groups excluding carboxylic acids is 1. The SMILES string of the molecule is O=C(/C=C/c1ccc(COc2c(Cl)cc(Cl)cc2Cl)o1)c1cccc(OC(F)F)c1. The van der Waals surface area contributed by atoms with E-state index in [1.165, 1.54) is 48.6 Å². The number of furan rings is 1. The van der Waals surface area contributed by atoms with Crippen LogP contribution >= 0.6 is 34.8 Å². The Morgan fingerprint density at radius 3 is 2.50 bits per heavy atom. The summed E-state index contributed by atoms with van der Waals surface area (Å²) in [5.74, 6) is 0.647. The van der Waals surface area contributed by atoms with E-state index in [1.807, 2.05) is 0 Å². The highest BCUT2D eigenvalue weighted by Gasteiger charge is 2.11. The van der Waals surface area contributed by atoms with Gasteiger partial charge in [0.05, 0.1) is 10.0 Å². The van der Waals surface area contributed by atoms with E-state index in [2.05, 4.69) is 4.74 Å². The molecule has 0 atom stereocenters. The predicted octanol–water partition coefficient (Wildman–Crippen LogP) is 7.32. The van der Waals surface area contributed by atoms with E-state index in [-0.39, 0.29) is 33.7 Å². The highest BCUT2D eigenvalue weighted by molar-refractivity contribution is 6.40. The van der Waals surface area contributed by atoms with Gasteiger partial charge in [0.1, 0.15) is 23.9 Å². The summed E-state index contributed by atoms with van der Waals surface area (Å²) >= 11 is 18.0. The fourth-order valence-corrected chi connectivity index (χ4v) is 3.38. The Hall–Kier alpha value is -2.54. The molecule has 0 saturated carbocycles. The Labute approximate surface area is 185 Å². The second kappa shape index (κ2) is 9.98. The number of hydrogen-bond donors (Lipinski definition) is 0. The van der Waals surface area contributed by atoms with Crippen molar-refractivity contribution in [1.82, 2.24) is 0 Å². The highest BCUT2D eigenvalue weighted by Crippen LogP contribution is 2.36. The maximum atomic E-state index is 12.3. The normalized spacial score (nSPS) is 11.3. The maximum Gasteiger partial charge on any atom is 0.387 e. The second-order valence-electron chi connectivity index (χ2n) is 5.90. The van der Waals surface area contributed by atoms with Gasteiger partial charge in [0.15, 0.2) is 11.5 Å². The van der Waals surface area contributed by atoms with Crippen LogP contribution in [0.5, 0.6) is 11.5 Å². The number of halogens is 5. The summed E-state index contributed by atoms with van der Waals surface area (Å²) in [6.07, 6.45) is 2.71.